The highest BCUT2D eigenvalue weighted by Gasteiger charge is 2.39. The third kappa shape index (κ3) is 4.76. The number of anilines is 1. The number of carbonyl (C=O) groups is 1. The first-order chi connectivity index (χ1) is 16.1. The third-order valence-corrected chi connectivity index (χ3v) is 6.05. The fraction of sp³-hybridized carbons (Fsp3) is 0.400. The van der Waals surface area contributed by atoms with Gasteiger partial charge in [0.05, 0.1) is 34.0 Å². The molecule has 35 heavy (non-hydrogen) atoms. The molecule has 188 valence electrons. The van der Waals surface area contributed by atoms with Crippen LogP contribution in [0.25, 0.3) is 10.9 Å². The van der Waals surface area contributed by atoms with Gasteiger partial charge in [-0.1, -0.05) is 18.6 Å². The summed E-state index contributed by atoms with van der Waals surface area (Å²) in [6, 6.07) is 5.56. The number of benzene rings is 2. The Balaban J connectivity index is 1.87. The molecule has 2 aromatic carbocycles. The molecule has 4 rings (SSSR count). The van der Waals surface area contributed by atoms with Crippen LogP contribution in [0.2, 0.25) is 0 Å². The molecule has 10 heteroatoms. The molecule has 3 aromatic rings. The number of aryl methyl sites for hydroxylation is 1. The van der Waals surface area contributed by atoms with Crippen molar-refractivity contribution >= 4 is 22.6 Å². The number of carbonyl (C=O) groups excluding carboxylic acids is 1. The molecule has 0 bridgehead atoms. The lowest BCUT2D eigenvalue weighted by atomic mass is 9.90. The standard InChI is InChI=1S/C25H24F6N2O2/c1-5-20-21-18(12-23(3,4)35-20)17-8-13(2)6-7-19(17)33(21)22(34)32-16-10-14(24(26,27)28)9-15(11-16)25(29,30)31/h6-11,20H,5,12H2,1-4H3,(H,32,34)/t20-/m0/s1. The lowest BCUT2D eigenvalue weighted by molar-refractivity contribution is -0.143. The summed E-state index contributed by atoms with van der Waals surface area (Å²) in [5, 5.41) is 3.06. The summed E-state index contributed by atoms with van der Waals surface area (Å²) >= 11 is 0. The maximum absolute atomic E-state index is 13.4. The van der Waals surface area contributed by atoms with E-state index in [2.05, 4.69) is 5.32 Å². The van der Waals surface area contributed by atoms with Crippen LogP contribution in [0, 0.1) is 6.92 Å². The molecule has 1 aliphatic rings. The van der Waals surface area contributed by atoms with E-state index in [-0.39, 0.29) is 6.07 Å². The van der Waals surface area contributed by atoms with Gasteiger partial charge in [0.2, 0.25) is 0 Å². The van der Waals surface area contributed by atoms with E-state index in [0.29, 0.717) is 36.2 Å². The van der Waals surface area contributed by atoms with Crippen LogP contribution >= 0.6 is 0 Å². The first kappa shape index (κ1) is 25.1. The molecule has 1 aliphatic heterocycles. The Morgan fingerprint density at radius 2 is 1.66 bits per heavy atom. The highest BCUT2D eigenvalue weighted by atomic mass is 19.4. The maximum Gasteiger partial charge on any atom is 0.416 e. The number of hydrogen-bond donors (Lipinski definition) is 1. The quantitative estimate of drug-likeness (QED) is 0.366. The highest BCUT2D eigenvalue weighted by Crippen LogP contribution is 2.43. The lowest BCUT2D eigenvalue weighted by Crippen LogP contribution is -2.36. The largest absolute Gasteiger partial charge is 0.416 e. The average molecular weight is 498 g/mol. The van der Waals surface area contributed by atoms with Crippen LogP contribution in [-0.2, 0) is 23.5 Å². The van der Waals surface area contributed by atoms with Crippen LogP contribution in [-0.4, -0.2) is 16.2 Å². The molecule has 0 fully saturated rings. The van der Waals surface area contributed by atoms with E-state index in [1.54, 1.807) is 12.1 Å². The summed E-state index contributed by atoms with van der Waals surface area (Å²) in [6.07, 6.45) is -9.53. The number of alkyl halides is 6. The van der Waals surface area contributed by atoms with E-state index in [9.17, 15) is 31.1 Å². The molecule has 4 nitrogen and oxygen atoms in total. The van der Waals surface area contributed by atoms with Gasteiger partial charge in [-0.05, 0) is 63.1 Å². The predicted molar refractivity (Wildman–Crippen MR) is 119 cm³/mol. The van der Waals surface area contributed by atoms with Crippen LogP contribution in [0.3, 0.4) is 0 Å². The predicted octanol–water partition coefficient (Wildman–Crippen LogP) is 7.87. The van der Waals surface area contributed by atoms with Crippen LogP contribution in [0.1, 0.15) is 61.2 Å². The van der Waals surface area contributed by atoms with Crippen molar-refractivity contribution in [3.05, 3.63) is 64.3 Å². The van der Waals surface area contributed by atoms with Gasteiger partial charge in [0.15, 0.2) is 0 Å². The van der Waals surface area contributed by atoms with Gasteiger partial charge < -0.3 is 10.1 Å². The summed E-state index contributed by atoms with van der Waals surface area (Å²) in [5.74, 6) is 0. The SMILES string of the molecule is CC[C@@H]1OC(C)(C)Cc2c1n(C(=O)Nc1cc(C(F)(F)F)cc(C(F)(F)F)c1)c1ccc(C)cc21. The first-order valence-electron chi connectivity index (χ1n) is 11.0. The molecule has 1 N–H and O–H groups in total. The zero-order valence-electron chi connectivity index (χ0n) is 19.5. The van der Waals surface area contributed by atoms with Crippen LogP contribution in [0.15, 0.2) is 36.4 Å². The Morgan fingerprint density at radius 1 is 1.06 bits per heavy atom. The monoisotopic (exact) mass is 498 g/mol. The summed E-state index contributed by atoms with van der Waals surface area (Å²) in [5.41, 5.74) is -1.26. The molecule has 1 aromatic heterocycles. The molecule has 0 aliphatic carbocycles. The zero-order chi connectivity index (χ0) is 25.9. The summed E-state index contributed by atoms with van der Waals surface area (Å²) in [6.45, 7) is 7.63. The number of ether oxygens (including phenoxy) is 1. The zero-order valence-corrected chi connectivity index (χ0v) is 19.5. The minimum atomic E-state index is -5.02. The van der Waals surface area contributed by atoms with E-state index in [0.717, 1.165) is 16.5 Å². The summed E-state index contributed by atoms with van der Waals surface area (Å²) < 4.78 is 87.2. The number of nitrogens with zero attached hydrogens (tertiary/aromatic N) is 1. The molecule has 1 amide bonds. The van der Waals surface area contributed by atoms with E-state index in [1.165, 1.54) is 4.57 Å². The van der Waals surface area contributed by atoms with Gasteiger partial charge in [0.25, 0.3) is 0 Å². The van der Waals surface area contributed by atoms with Crippen molar-refractivity contribution in [1.29, 1.82) is 0 Å². The number of amides is 1. The first-order valence-corrected chi connectivity index (χ1v) is 11.0. The molecule has 0 saturated heterocycles. The Bertz CT molecular complexity index is 1270. The minimum Gasteiger partial charge on any atom is -0.366 e. The number of aromatic nitrogens is 1. The van der Waals surface area contributed by atoms with Crippen molar-refractivity contribution < 1.29 is 35.9 Å². The Labute approximate surface area is 197 Å². The highest BCUT2D eigenvalue weighted by molar-refractivity contribution is 6.01. The number of fused-ring (bicyclic) bond motifs is 3. The number of nitrogens with one attached hydrogen (secondary N) is 1. The number of rotatable bonds is 2. The number of hydrogen-bond acceptors (Lipinski definition) is 2. The van der Waals surface area contributed by atoms with Crippen molar-refractivity contribution in [3.8, 4) is 0 Å². The van der Waals surface area contributed by atoms with E-state index >= 15 is 0 Å². The summed E-state index contributed by atoms with van der Waals surface area (Å²) in [7, 11) is 0. The van der Waals surface area contributed by atoms with Crippen LogP contribution < -0.4 is 5.32 Å². The topological polar surface area (TPSA) is 43.3 Å². The van der Waals surface area contributed by atoms with Crippen LogP contribution in [0.4, 0.5) is 36.8 Å². The minimum absolute atomic E-state index is 0.0222. The molecular formula is C25H24F6N2O2. The molecule has 0 radical (unpaired) electrons. The van der Waals surface area contributed by atoms with Gasteiger partial charge in [0, 0.05) is 17.5 Å². The van der Waals surface area contributed by atoms with Gasteiger partial charge in [0.1, 0.15) is 0 Å². The average Bonchev–Trinajstić information content (AvgIpc) is 3.04. The van der Waals surface area contributed by atoms with E-state index < -0.39 is 46.9 Å². The van der Waals surface area contributed by atoms with Gasteiger partial charge in [-0.2, -0.15) is 26.3 Å². The van der Waals surface area contributed by atoms with Crippen molar-refractivity contribution in [2.75, 3.05) is 5.32 Å². The van der Waals surface area contributed by atoms with Crippen molar-refractivity contribution in [2.45, 2.75) is 64.6 Å². The molecule has 2 heterocycles. The molecule has 0 unspecified atom stereocenters. The van der Waals surface area contributed by atoms with Crippen molar-refractivity contribution in [1.82, 2.24) is 4.57 Å². The van der Waals surface area contributed by atoms with E-state index in [4.69, 9.17) is 4.74 Å². The molecule has 0 spiro atoms. The van der Waals surface area contributed by atoms with Crippen molar-refractivity contribution in [3.63, 3.8) is 0 Å². The second-order valence-electron chi connectivity index (χ2n) is 9.40. The van der Waals surface area contributed by atoms with Gasteiger partial charge in [-0.15, -0.1) is 0 Å². The second kappa shape index (κ2) is 8.29. The van der Waals surface area contributed by atoms with E-state index in [1.807, 2.05) is 33.8 Å². The lowest BCUT2D eigenvalue weighted by Gasteiger charge is -2.36. The second-order valence-corrected chi connectivity index (χ2v) is 9.40. The Kier molecular flexibility index (Phi) is 5.94. The van der Waals surface area contributed by atoms with Crippen LogP contribution in [0.5, 0.6) is 0 Å². The normalized spacial score (nSPS) is 17.9. The van der Waals surface area contributed by atoms with Gasteiger partial charge in [-0.3, -0.25) is 4.57 Å². The molecular weight excluding hydrogens is 474 g/mol. The fourth-order valence-electron chi connectivity index (χ4n) is 4.62. The Hall–Kier alpha value is -3.01. The molecule has 1 atom stereocenters. The Morgan fingerprint density at radius 3 is 2.20 bits per heavy atom. The third-order valence-electron chi connectivity index (χ3n) is 6.05. The number of halogens is 6. The van der Waals surface area contributed by atoms with Gasteiger partial charge >= 0.3 is 18.4 Å². The summed E-state index contributed by atoms with van der Waals surface area (Å²) in [4.78, 5) is 13.4. The smallest absolute Gasteiger partial charge is 0.366 e. The fourth-order valence-corrected chi connectivity index (χ4v) is 4.62. The maximum atomic E-state index is 13.4. The van der Waals surface area contributed by atoms with Gasteiger partial charge in [-0.25, -0.2) is 4.79 Å². The van der Waals surface area contributed by atoms with Crippen molar-refractivity contribution in [2.24, 2.45) is 0 Å². The molecule has 0 saturated carbocycles.